The first-order valence-corrected chi connectivity index (χ1v) is 8.91. The fourth-order valence-electron chi connectivity index (χ4n) is 2.12. The van der Waals surface area contributed by atoms with E-state index in [1.54, 1.807) is 0 Å². The van der Waals surface area contributed by atoms with Gasteiger partial charge in [0.2, 0.25) is 0 Å². The lowest BCUT2D eigenvalue weighted by Crippen LogP contribution is -2.26. The summed E-state index contributed by atoms with van der Waals surface area (Å²) in [6.07, 6.45) is -3.25. The Labute approximate surface area is 134 Å². The maximum absolute atomic E-state index is 12.6. The highest BCUT2D eigenvalue weighted by molar-refractivity contribution is 9.10. The van der Waals surface area contributed by atoms with Crippen LogP contribution in [0, 0.1) is 5.92 Å². The van der Waals surface area contributed by atoms with Gasteiger partial charge >= 0.3 is 16.3 Å². The minimum atomic E-state index is -4.50. The second-order valence-corrected chi connectivity index (χ2v) is 7.48. The Balaban J connectivity index is 2.09. The van der Waals surface area contributed by atoms with E-state index in [-0.39, 0.29) is 21.9 Å². The average Bonchev–Trinajstić information content (AvgIpc) is 2.40. The number of hydrogen-bond acceptors (Lipinski definition) is 4. The fourth-order valence-corrected chi connectivity index (χ4v) is 4.08. The van der Waals surface area contributed by atoms with Crippen LogP contribution in [0.2, 0.25) is 0 Å². The van der Waals surface area contributed by atoms with E-state index in [1.165, 1.54) is 0 Å². The molecule has 1 aliphatic rings. The van der Waals surface area contributed by atoms with Gasteiger partial charge in [-0.15, -0.1) is 0 Å². The topological polar surface area (TPSA) is 52.6 Å². The van der Waals surface area contributed by atoms with Crippen molar-refractivity contribution < 1.29 is 30.5 Å². The van der Waals surface area contributed by atoms with Crippen molar-refractivity contribution in [3.8, 4) is 5.75 Å². The van der Waals surface area contributed by atoms with Crippen LogP contribution >= 0.6 is 15.9 Å². The minimum absolute atomic E-state index is 0.0575. The largest absolute Gasteiger partial charge is 0.416 e. The van der Waals surface area contributed by atoms with E-state index in [1.807, 2.05) is 0 Å². The molecule has 0 saturated carbocycles. The van der Waals surface area contributed by atoms with E-state index in [9.17, 15) is 21.6 Å². The predicted molar refractivity (Wildman–Crippen MR) is 77.1 cm³/mol. The number of hydrogen-bond donors (Lipinski definition) is 0. The second kappa shape index (κ2) is 6.76. The Kier molecular flexibility index (Phi) is 5.39. The van der Waals surface area contributed by atoms with Crippen molar-refractivity contribution in [3.05, 3.63) is 28.2 Å². The number of halogens is 4. The van der Waals surface area contributed by atoms with E-state index in [2.05, 4.69) is 15.9 Å². The first-order valence-electron chi connectivity index (χ1n) is 6.54. The summed E-state index contributed by atoms with van der Waals surface area (Å²) in [6.45, 7) is 1.01. The van der Waals surface area contributed by atoms with Gasteiger partial charge in [0.25, 0.3) is 0 Å². The summed E-state index contributed by atoms with van der Waals surface area (Å²) in [4.78, 5) is 0. The van der Waals surface area contributed by atoms with Crippen LogP contribution in [0.1, 0.15) is 18.4 Å². The van der Waals surface area contributed by atoms with Gasteiger partial charge in [-0.3, -0.25) is 0 Å². The first kappa shape index (κ1) is 17.6. The van der Waals surface area contributed by atoms with Crippen molar-refractivity contribution in [1.29, 1.82) is 0 Å². The van der Waals surface area contributed by atoms with Crippen LogP contribution in [0.25, 0.3) is 0 Å². The predicted octanol–water partition coefficient (Wildman–Crippen LogP) is 3.60. The van der Waals surface area contributed by atoms with Crippen LogP contribution < -0.4 is 4.18 Å². The molecule has 1 saturated heterocycles. The monoisotopic (exact) mass is 402 g/mol. The summed E-state index contributed by atoms with van der Waals surface area (Å²) in [5.41, 5.74) is -0.881. The molecule has 1 aromatic carbocycles. The molecule has 0 N–H and O–H groups in total. The Bertz CT molecular complexity index is 625. The molecular formula is C13H14BrF3O4S. The van der Waals surface area contributed by atoms with Gasteiger partial charge in [0.05, 0.1) is 15.8 Å². The van der Waals surface area contributed by atoms with Gasteiger partial charge in [-0.25, -0.2) is 0 Å². The molecule has 9 heteroatoms. The quantitative estimate of drug-likeness (QED) is 0.721. The summed E-state index contributed by atoms with van der Waals surface area (Å²) < 4.78 is 71.7. The molecule has 0 aliphatic carbocycles. The zero-order chi connectivity index (χ0) is 16.4. The van der Waals surface area contributed by atoms with Gasteiger partial charge in [-0.2, -0.15) is 21.6 Å². The van der Waals surface area contributed by atoms with Crippen LogP contribution in [-0.4, -0.2) is 27.4 Å². The van der Waals surface area contributed by atoms with Crippen molar-refractivity contribution >= 4 is 26.0 Å². The van der Waals surface area contributed by atoms with Crippen LogP contribution in [0.5, 0.6) is 5.75 Å². The maximum atomic E-state index is 12.6. The summed E-state index contributed by atoms with van der Waals surface area (Å²) in [7, 11) is -3.87. The van der Waals surface area contributed by atoms with Gasteiger partial charge < -0.3 is 8.92 Å². The average molecular weight is 403 g/mol. The van der Waals surface area contributed by atoms with E-state index >= 15 is 0 Å². The lowest BCUT2D eigenvalue weighted by atomic mass is 10.0. The van der Waals surface area contributed by atoms with Crippen molar-refractivity contribution in [1.82, 2.24) is 0 Å². The molecule has 1 aliphatic heterocycles. The van der Waals surface area contributed by atoms with Crippen molar-refractivity contribution in [3.63, 3.8) is 0 Å². The van der Waals surface area contributed by atoms with Crippen LogP contribution in [0.3, 0.4) is 0 Å². The van der Waals surface area contributed by atoms with Crippen LogP contribution in [0.4, 0.5) is 13.2 Å². The highest BCUT2D eigenvalue weighted by atomic mass is 79.9. The smallest absolute Gasteiger partial charge is 0.381 e. The molecule has 0 aromatic heterocycles. The molecule has 2 rings (SSSR count). The van der Waals surface area contributed by atoms with Gasteiger partial charge in [0.15, 0.2) is 5.75 Å². The van der Waals surface area contributed by atoms with E-state index in [0.29, 0.717) is 26.1 Å². The molecule has 0 atom stereocenters. The number of benzene rings is 1. The van der Waals surface area contributed by atoms with Gasteiger partial charge in [0, 0.05) is 13.2 Å². The first-order chi connectivity index (χ1) is 10.2. The van der Waals surface area contributed by atoms with Crippen molar-refractivity contribution in [2.24, 2.45) is 5.92 Å². The van der Waals surface area contributed by atoms with E-state index in [4.69, 9.17) is 8.92 Å². The summed E-state index contributed by atoms with van der Waals surface area (Å²) in [5, 5.41) is 0. The van der Waals surface area contributed by atoms with Crippen molar-refractivity contribution in [2.45, 2.75) is 19.0 Å². The summed E-state index contributed by atoms with van der Waals surface area (Å²) in [6, 6.07) is 2.57. The molecule has 124 valence electrons. The standard InChI is InChI=1S/C13H14BrF3O4S/c14-11-7-10(13(15,16)17)1-2-12(11)21-22(18,19)8-9-3-5-20-6-4-9/h1-2,7,9H,3-6,8H2. The molecule has 4 nitrogen and oxygen atoms in total. The van der Waals surface area contributed by atoms with E-state index < -0.39 is 21.9 Å². The lowest BCUT2D eigenvalue weighted by Gasteiger charge is -2.21. The molecular weight excluding hydrogens is 389 g/mol. The molecule has 1 aromatic rings. The number of ether oxygens (including phenoxy) is 1. The summed E-state index contributed by atoms with van der Waals surface area (Å²) in [5.74, 6) is -0.392. The third-order valence-electron chi connectivity index (χ3n) is 3.26. The van der Waals surface area contributed by atoms with E-state index in [0.717, 1.165) is 18.2 Å². The third-order valence-corrected chi connectivity index (χ3v) is 5.19. The Hall–Kier alpha value is -0.800. The fraction of sp³-hybridized carbons (Fsp3) is 0.538. The normalized spacial score (nSPS) is 17.5. The molecule has 0 radical (unpaired) electrons. The van der Waals surface area contributed by atoms with Gasteiger partial charge in [-0.05, 0) is 52.9 Å². The zero-order valence-corrected chi connectivity index (χ0v) is 13.8. The highest BCUT2D eigenvalue weighted by Gasteiger charge is 2.31. The Morgan fingerprint density at radius 1 is 1.27 bits per heavy atom. The molecule has 22 heavy (non-hydrogen) atoms. The summed E-state index contributed by atoms with van der Waals surface area (Å²) >= 11 is 2.91. The van der Waals surface area contributed by atoms with Crippen LogP contribution in [0.15, 0.2) is 22.7 Å². The number of alkyl halides is 3. The maximum Gasteiger partial charge on any atom is 0.416 e. The molecule has 1 fully saturated rings. The Morgan fingerprint density at radius 2 is 1.91 bits per heavy atom. The molecule has 0 spiro atoms. The van der Waals surface area contributed by atoms with Crippen LogP contribution in [-0.2, 0) is 21.0 Å². The van der Waals surface area contributed by atoms with Crippen molar-refractivity contribution in [2.75, 3.05) is 19.0 Å². The second-order valence-electron chi connectivity index (χ2n) is 5.01. The molecule has 0 bridgehead atoms. The number of rotatable bonds is 4. The van der Waals surface area contributed by atoms with Gasteiger partial charge in [-0.1, -0.05) is 0 Å². The lowest BCUT2D eigenvalue weighted by molar-refractivity contribution is -0.137. The third kappa shape index (κ3) is 4.85. The Morgan fingerprint density at radius 3 is 2.45 bits per heavy atom. The highest BCUT2D eigenvalue weighted by Crippen LogP contribution is 2.35. The zero-order valence-electron chi connectivity index (χ0n) is 11.4. The molecule has 1 heterocycles. The molecule has 0 unspecified atom stereocenters. The molecule has 0 amide bonds. The SMILES string of the molecule is O=S(=O)(CC1CCOCC1)Oc1ccc(C(F)(F)F)cc1Br. The minimum Gasteiger partial charge on any atom is -0.381 e. The van der Waals surface area contributed by atoms with Gasteiger partial charge in [0.1, 0.15) is 0 Å².